The van der Waals surface area contributed by atoms with Crippen molar-refractivity contribution in [2.45, 2.75) is 27.7 Å². The van der Waals surface area contributed by atoms with Crippen LogP contribution in [0.1, 0.15) is 37.0 Å². The monoisotopic (exact) mass is 507 g/mol. The number of H-pyrrole nitrogens is 2. The van der Waals surface area contributed by atoms with Gasteiger partial charge in [-0.3, -0.25) is 10.1 Å². The summed E-state index contributed by atoms with van der Waals surface area (Å²) in [6.07, 6.45) is 7.37. The van der Waals surface area contributed by atoms with Crippen molar-refractivity contribution in [1.82, 2.24) is 30.1 Å². The third-order valence-corrected chi connectivity index (χ3v) is 6.98. The molecule has 8 heteroatoms. The molecule has 0 saturated carbocycles. The number of aromatic nitrogens is 6. The fourth-order valence-corrected chi connectivity index (χ4v) is 4.65. The van der Waals surface area contributed by atoms with Crippen molar-refractivity contribution in [1.29, 1.82) is 0 Å². The highest BCUT2D eigenvalue weighted by atomic mass is 32.1. The first-order valence-corrected chi connectivity index (χ1v) is 12.8. The molecule has 5 aromatic rings. The average Bonchev–Trinajstić information content (AvgIpc) is 3.62. The molecule has 5 aromatic heterocycles. The summed E-state index contributed by atoms with van der Waals surface area (Å²) < 4.78 is 0. The van der Waals surface area contributed by atoms with Crippen LogP contribution in [0.5, 0.6) is 0 Å². The highest BCUT2D eigenvalue weighted by molar-refractivity contribution is 7.11. The lowest BCUT2D eigenvalue weighted by Crippen LogP contribution is -2.15. The van der Waals surface area contributed by atoms with Gasteiger partial charge in [0.25, 0.3) is 0 Å². The number of nitrogens with one attached hydrogen (secondary N) is 3. The van der Waals surface area contributed by atoms with Crippen molar-refractivity contribution in [3.05, 3.63) is 95.4 Å². The van der Waals surface area contributed by atoms with Crippen LogP contribution in [0, 0.1) is 12.3 Å². The summed E-state index contributed by atoms with van der Waals surface area (Å²) in [5.74, 6) is 0.657. The molecule has 0 saturated heterocycles. The van der Waals surface area contributed by atoms with Crippen molar-refractivity contribution in [2.24, 2.45) is 5.41 Å². The van der Waals surface area contributed by atoms with Crippen molar-refractivity contribution in [3.63, 3.8) is 0 Å². The number of thiophene rings is 1. The molecule has 0 atom stereocenters. The molecule has 0 spiro atoms. The van der Waals surface area contributed by atoms with Gasteiger partial charge in [0.2, 0.25) is 0 Å². The van der Waals surface area contributed by atoms with Crippen LogP contribution < -0.4 is 5.32 Å². The van der Waals surface area contributed by atoms with Crippen LogP contribution in [-0.4, -0.2) is 30.1 Å². The maximum Gasteiger partial charge on any atom is 0.161 e. The highest BCUT2D eigenvalue weighted by Gasteiger charge is 2.20. The Morgan fingerprint density at radius 1 is 1.14 bits per heavy atom. The second-order valence-corrected chi connectivity index (χ2v) is 10.8. The van der Waals surface area contributed by atoms with Crippen molar-refractivity contribution in [2.75, 3.05) is 5.32 Å². The lowest BCUT2D eigenvalue weighted by atomic mass is 9.93. The van der Waals surface area contributed by atoms with Crippen LogP contribution in [0.15, 0.2) is 79.1 Å². The predicted octanol–water partition coefficient (Wildman–Crippen LogP) is 7.37. The van der Waals surface area contributed by atoms with Gasteiger partial charge < -0.3 is 10.3 Å². The lowest BCUT2D eigenvalue weighted by Gasteiger charge is -2.23. The number of rotatable bonds is 7. The maximum atomic E-state index is 4.95. The molecular weight excluding hydrogens is 478 g/mol. The van der Waals surface area contributed by atoms with Crippen LogP contribution in [0.3, 0.4) is 0 Å². The van der Waals surface area contributed by atoms with Gasteiger partial charge in [-0.2, -0.15) is 5.10 Å². The Morgan fingerprint density at radius 2 is 1.97 bits per heavy atom. The number of hydrogen-bond acceptors (Lipinski definition) is 6. The first-order chi connectivity index (χ1) is 17.7. The normalized spacial score (nSPS) is 12.2. The standard InChI is InChI=1S/C29H29N7S/c1-7-9-21(24-10-8-13-37-24)25-17(2)31-28(34-25)27-26-23(35-36-27)12-11-22(33-26)19-14-20(16-30-15-19)32-18(3)29(4,5)6/h7-16,32H,1,3H2,2,4-6H3,(H,31,34)(H,35,36)/b21-9-. The minimum atomic E-state index is -0.0664. The number of nitrogens with zero attached hydrogens (tertiary/aromatic N) is 4. The fourth-order valence-electron chi connectivity index (χ4n) is 3.90. The zero-order valence-corrected chi connectivity index (χ0v) is 22.2. The van der Waals surface area contributed by atoms with E-state index in [1.165, 1.54) is 0 Å². The molecule has 0 unspecified atom stereocenters. The Labute approximate surface area is 220 Å². The zero-order chi connectivity index (χ0) is 26.2. The van der Waals surface area contributed by atoms with Crippen LogP contribution in [0.25, 0.3) is 39.4 Å². The average molecular weight is 508 g/mol. The quantitative estimate of drug-likeness (QED) is 0.200. The molecule has 0 aliphatic heterocycles. The summed E-state index contributed by atoms with van der Waals surface area (Å²) in [6, 6.07) is 10.1. The molecule has 0 aromatic carbocycles. The summed E-state index contributed by atoms with van der Waals surface area (Å²) in [5.41, 5.74) is 8.48. The topological polar surface area (TPSA) is 95.2 Å². The van der Waals surface area contributed by atoms with E-state index in [1.54, 1.807) is 23.6 Å². The first kappa shape index (κ1) is 24.4. The minimum Gasteiger partial charge on any atom is -0.358 e. The molecule has 0 fully saturated rings. The van der Waals surface area contributed by atoms with Crippen molar-refractivity contribution >= 4 is 33.6 Å². The predicted molar refractivity (Wildman–Crippen MR) is 153 cm³/mol. The van der Waals surface area contributed by atoms with E-state index in [4.69, 9.17) is 9.97 Å². The summed E-state index contributed by atoms with van der Waals surface area (Å²) >= 11 is 1.67. The van der Waals surface area contributed by atoms with Crippen LogP contribution in [-0.2, 0) is 0 Å². The van der Waals surface area contributed by atoms with Crippen molar-refractivity contribution in [3.8, 4) is 22.8 Å². The number of anilines is 1. The number of hydrogen-bond donors (Lipinski definition) is 3. The lowest BCUT2D eigenvalue weighted by molar-refractivity contribution is 0.509. The van der Waals surface area contributed by atoms with Gasteiger partial charge in [0, 0.05) is 39.0 Å². The molecule has 7 nitrogen and oxygen atoms in total. The molecular formula is C29H29N7S. The first-order valence-electron chi connectivity index (χ1n) is 12.0. The summed E-state index contributed by atoms with van der Waals surface area (Å²) in [6.45, 7) is 16.4. The molecule has 0 bridgehead atoms. The molecule has 3 N–H and O–H groups in total. The summed E-state index contributed by atoms with van der Waals surface area (Å²) in [7, 11) is 0. The Kier molecular flexibility index (Phi) is 6.35. The number of imidazole rings is 1. The fraction of sp³-hybridized carbons (Fsp3) is 0.172. The van der Waals surface area contributed by atoms with Gasteiger partial charge in [-0.15, -0.1) is 11.3 Å². The Morgan fingerprint density at radius 3 is 2.70 bits per heavy atom. The Balaban J connectivity index is 1.52. The second-order valence-electron chi connectivity index (χ2n) is 9.83. The molecule has 0 amide bonds. The Bertz CT molecular complexity index is 1630. The smallest absolute Gasteiger partial charge is 0.161 e. The third kappa shape index (κ3) is 4.88. The van der Waals surface area contributed by atoms with Crippen molar-refractivity contribution < 1.29 is 0 Å². The van der Waals surface area contributed by atoms with Gasteiger partial charge in [-0.25, -0.2) is 9.97 Å². The van der Waals surface area contributed by atoms with E-state index in [1.807, 2.05) is 43.5 Å². The summed E-state index contributed by atoms with van der Waals surface area (Å²) in [4.78, 5) is 18.8. The zero-order valence-electron chi connectivity index (χ0n) is 21.4. The number of allylic oxidation sites excluding steroid dienone is 3. The van der Waals surface area contributed by atoms with E-state index in [0.29, 0.717) is 11.5 Å². The van der Waals surface area contributed by atoms with Gasteiger partial charge >= 0.3 is 0 Å². The SMILES string of the molecule is C=C/C=C(/c1cccs1)c1nc(-c2n[nH]c3ccc(-c4cncc(NC(=C)C(C)(C)C)c4)nc23)[nH]c1C. The largest absolute Gasteiger partial charge is 0.358 e. The van der Waals surface area contributed by atoms with Crippen LogP contribution >= 0.6 is 11.3 Å². The van der Waals surface area contributed by atoms with Gasteiger partial charge in [-0.05, 0) is 36.6 Å². The molecule has 5 heterocycles. The van der Waals surface area contributed by atoms with Crippen LogP contribution in [0.4, 0.5) is 5.69 Å². The van der Waals surface area contributed by atoms with E-state index in [9.17, 15) is 0 Å². The number of aromatic amines is 2. The Hall–Kier alpha value is -4.30. The number of pyridine rings is 2. The molecule has 37 heavy (non-hydrogen) atoms. The molecule has 0 aliphatic rings. The van der Waals surface area contributed by atoms with Crippen LogP contribution in [0.2, 0.25) is 0 Å². The van der Waals surface area contributed by atoms with E-state index >= 15 is 0 Å². The number of aryl methyl sites for hydroxylation is 1. The van der Waals surface area contributed by atoms with Gasteiger partial charge in [-0.1, -0.05) is 52.1 Å². The van der Waals surface area contributed by atoms with Gasteiger partial charge in [0.1, 0.15) is 5.52 Å². The van der Waals surface area contributed by atoms with E-state index in [0.717, 1.165) is 55.5 Å². The molecule has 186 valence electrons. The summed E-state index contributed by atoms with van der Waals surface area (Å²) in [5, 5.41) is 13.1. The van der Waals surface area contributed by atoms with E-state index in [-0.39, 0.29) is 5.41 Å². The number of fused-ring (bicyclic) bond motifs is 1. The maximum absolute atomic E-state index is 4.95. The third-order valence-electron chi connectivity index (χ3n) is 6.08. The van der Waals surface area contributed by atoms with Gasteiger partial charge in [0.15, 0.2) is 11.5 Å². The molecule has 0 aliphatic carbocycles. The molecule has 0 radical (unpaired) electrons. The van der Waals surface area contributed by atoms with Gasteiger partial charge in [0.05, 0.1) is 28.8 Å². The highest BCUT2D eigenvalue weighted by Crippen LogP contribution is 2.32. The second kappa shape index (κ2) is 9.63. The minimum absolute atomic E-state index is 0.0664. The van der Waals surface area contributed by atoms with E-state index in [2.05, 4.69) is 70.9 Å². The van der Waals surface area contributed by atoms with E-state index < -0.39 is 0 Å². The molecule has 5 rings (SSSR count).